The first-order valence-electron chi connectivity index (χ1n) is 7.98. The summed E-state index contributed by atoms with van der Waals surface area (Å²) in [5, 5.41) is 0. The lowest BCUT2D eigenvalue weighted by Crippen LogP contribution is -2.54. The fraction of sp³-hybridized carbons (Fsp3) is 0.733. The van der Waals surface area contributed by atoms with Crippen LogP contribution in [0, 0.1) is 0 Å². The van der Waals surface area contributed by atoms with E-state index in [-0.39, 0.29) is 5.97 Å². The van der Waals surface area contributed by atoms with Gasteiger partial charge in [0.25, 0.3) is 0 Å². The van der Waals surface area contributed by atoms with Gasteiger partial charge in [-0.25, -0.2) is 4.79 Å². The molecule has 1 rings (SSSR count). The van der Waals surface area contributed by atoms with E-state index in [9.17, 15) is 4.79 Å². The maximum atomic E-state index is 12.3. The molecule has 0 amide bonds. The Morgan fingerprint density at radius 2 is 1.64 bits per heavy atom. The van der Waals surface area contributed by atoms with Crippen molar-refractivity contribution in [1.29, 1.82) is 0 Å². The van der Waals surface area contributed by atoms with Gasteiger partial charge >= 0.3 is 5.97 Å². The normalized spacial score (nSPS) is 20.9. The molecule has 1 fully saturated rings. The molecule has 1 saturated heterocycles. The van der Waals surface area contributed by atoms with Crippen molar-refractivity contribution < 1.29 is 9.22 Å². The Labute approximate surface area is 144 Å². The van der Waals surface area contributed by atoms with Crippen molar-refractivity contribution in [3.8, 4) is 0 Å². The van der Waals surface area contributed by atoms with E-state index in [2.05, 4.69) is 30.4 Å². The van der Waals surface area contributed by atoms with Gasteiger partial charge in [0.1, 0.15) is 16.5 Å². The van der Waals surface area contributed by atoms with Gasteiger partial charge in [0, 0.05) is 18.2 Å². The van der Waals surface area contributed by atoms with Crippen LogP contribution in [0.5, 0.6) is 0 Å². The van der Waals surface area contributed by atoms with E-state index in [1.165, 1.54) is 12.1 Å². The molecule has 0 N–H and O–H groups in total. The molecule has 0 bridgehead atoms. The van der Waals surface area contributed by atoms with Crippen molar-refractivity contribution in [3.05, 3.63) is 11.8 Å². The van der Waals surface area contributed by atoms with Gasteiger partial charge < -0.3 is 8.66 Å². The summed E-state index contributed by atoms with van der Waals surface area (Å²) in [7, 11) is -4.84. The molecule has 0 aliphatic carbocycles. The number of nitrogens with zero attached hydrogens (tertiary/aromatic N) is 1. The molecule has 1 aliphatic rings. The van der Waals surface area contributed by atoms with E-state index >= 15 is 0 Å². The zero-order valence-electron chi connectivity index (χ0n) is 15.4. The summed E-state index contributed by atoms with van der Waals surface area (Å²) in [5.41, 5.74) is 1.11. The molecule has 0 aromatic rings. The summed E-state index contributed by atoms with van der Waals surface area (Å²) < 4.78 is 8.28. The summed E-state index contributed by atoms with van der Waals surface area (Å²) in [6.07, 6.45) is 2.45. The molecule has 22 heavy (non-hydrogen) atoms. The molecular formula is C15H31NO2SSi3. The Balaban J connectivity index is 3.17. The second-order valence-corrected chi connectivity index (χ2v) is 23.2. The van der Waals surface area contributed by atoms with Gasteiger partial charge in [0.15, 0.2) is 0 Å². The van der Waals surface area contributed by atoms with Crippen LogP contribution >= 0.6 is 12.2 Å². The van der Waals surface area contributed by atoms with Crippen LogP contribution < -0.4 is 0 Å². The zero-order chi connectivity index (χ0) is 17.3. The molecule has 0 saturated carbocycles. The van der Waals surface area contributed by atoms with Crippen LogP contribution in [-0.2, 0) is 9.22 Å². The van der Waals surface area contributed by atoms with Gasteiger partial charge in [-0.2, -0.15) is 0 Å². The van der Waals surface area contributed by atoms with E-state index in [0.29, 0.717) is 6.42 Å². The van der Waals surface area contributed by atoms with Crippen LogP contribution in [0.1, 0.15) is 13.3 Å². The Hall–Kier alpha value is -0.249. The molecule has 3 nitrogen and oxygen atoms in total. The maximum absolute atomic E-state index is 12.3. The van der Waals surface area contributed by atoms with Crippen molar-refractivity contribution in [2.45, 2.75) is 71.3 Å². The predicted molar refractivity (Wildman–Crippen MR) is 107 cm³/mol. The average molecular weight is 374 g/mol. The average Bonchev–Trinajstić information content (AvgIpc) is 2.43. The number of hydrogen-bond acceptors (Lipinski definition) is 4. The largest absolute Gasteiger partial charge is 0.517 e. The topological polar surface area (TPSA) is 29.5 Å². The van der Waals surface area contributed by atoms with Gasteiger partial charge in [-0.05, 0) is 43.5 Å². The third-order valence-electron chi connectivity index (χ3n) is 3.97. The minimum atomic E-state index is -1.86. The van der Waals surface area contributed by atoms with E-state index < -0.39 is 24.8 Å². The van der Waals surface area contributed by atoms with Crippen LogP contribution in [0.4, 0.5) is 0 Å². The first kappa shape index (κ1) is 19.8. The smallest absolute Gasteiger partial charge is 0.319 e. The van der Waals surface area contributed by atoms with Crippen molar-refractivity contribution in [1.82, 2.24) is 4.23 Å². The first-order chi connectivity index (χ1) is 9.74. The molecule has 7 heteroatoms. The fourth-order valence-electron chi connectivity index (χ4n) is 3.35. The summed E-state index contributed by atoms with van der Waals surface area (Å²) in [6, 6.07) is 2.62. The van der Waals surface area contributed by atoms with Crippen molar-refractivity contribution in [2.24, 2.45) is 0 Å². The molecule has 0 aromatic carbocycles. The summed E-state index contributed by atoms with van der Waals surface area (Å²) in [5.74, 6) is -0.188. The standard InChI is InChI=1S/C15H31NO2SSi3/c1-13(19)11-14(12-15(17)18-20(2,3)4)16-21(5,6)9-10-22(16,7)8/h12H,9-11H2,1-8H3. The second kappa shape index (κ2) is 6.70. The second-order valence-electron chi connectivity index (χ2n) is 8.51. The Morgan fingerprint density at radius 1 is 1.18 bits per heavy atom. The molecule has 0 atom stereocenters. The summed E-state index contributed by atoms with van der Waals surface area (Å²) in [6.45, 7) is 17.7. The lowest BCUT2D eigenvalue weighted by atomic mass is 10.2. The molecule has 0 radical (unpaired) electrons. The number of thiocarbonyl (C=S) groups is 1. The highest BCUT2D eigenvalue weighted by Gasteiger charge is 2.48. The number of allylic oxidation sites excluding steroid dienone is 1. The van der Waals surface area contributed by atoms with Crippen LogP contribution in [0.2, 0.25) is 57.9 Å². The molecule has 0 unspecified atom stereocenters. The van der Waals surface area contributed by atoms with E-state index in [1.54, 1.807) is 6.08 Å². The van der Waals surface area contributed by atoms with Gasteiger partial charge in [-0.3, -0.25) is 0 Å². The van der Waals surface area contributed by atoms with Crippen LogP contribution in [-0.4, -0.2) is 39.9 Å². The van der Waals surface area contributed by atoms with Crippen molar-refractivity contribution in [2.75, 3.05) is 0 Å². The Bertz CT molecular complexity index is 480. The highest BCUT2D eigenvalue weighted by Crippen LogP contribution is 2.40. The highest BCUT2D eigenvalue weighted by molar-refractivity contribution is 7.80. The minimum absolute atomic E-state index is 0.188. The molecule has 0 aromatic heterocycles. The lowest BCUT2D eigenvalue weighted by molar-refractivity contribution is -0.129. The van der Waals surface area contributed by atoms with Gasteiger partial charge in [0.05, 0.1) is 0 Å². The molecule has 1 heterocycles. The SMILES string of the molecule is CC(=S)CC(=CC(=O)O[Si](C)(C)C)N1[Si](C)(C)CC[Si]1(C)C. The first-order valence-corrected chi connectivity index (χ1v) is 18.1. The monoisotopic (exact) mass is 373 g/mol. The highest BCUT2D eigenvalue weighted by atomic mass is 32.1. The summed E-state index contributed by atoms with van der Waals surface area (Å²) >= 11 is 5.34. The molecule has 0 spiro atoms. The number of hydrogen-bond donors (Lipinski definition) is 0. The number of carbonyl (C=O) groups is 1. The summed E-state index contributed by atoms with van der Waals surface area (Å²) in [4.78, 5) is 13.3. The predicted octanol–water partition coefficient (Wildman–Crippen LogP) is 4.75. The molecular weight excluding hydrogens is 342 g/mol. The quantitative estimate of drug-likeness (QED) is 0.395. The lowest BCUT2D eigenvalue weighted by Gasteiger charge is -2.43. The fourth-order valence-corrected chi connectivity index (χ4v) is 18.6. The van der Waals surface area contributed by atoms with Crippen LogP contribution in [0.25, 0.3) is 0 Å². The van der Waals surface area contributed by atoms with Crippen LogP contribution in [0.3, 0.4) is 0 Å². The van der Waals surface area contributed by atoms with E-state index in [1.807, 2.05) is 26.6 Å². The van der Waals surface area contributed by atoms with E-state index in [0.717, 1.165) is 10.6 Å². The third-order valence-corrected chi connectivity index (χ3v) is 15.0. The van der Waals surface area contributed by atoms with Crippen molar-refractivity contribution in [3.63, 3.8) is 0 Å². The number of carbonyl (C=O) groups excluding carboxylic acids is 1. The number of rotatable bonds is 5. The van der Waals surface area contributed by atoms with Gasteiger partial charge in [-0.15, -0.1) is 0 Å². The van der Waals surface area contributed by atoms with Gasteiger partial charge in [-0.1, -0.05) is 38.4 Å². The zero-order valence-corrected chi connectivity index (χ0v) is 19.2. The van der Waals surface area contributed by atoms with Gasteiger partial charge in [0.2, 0.25) is 8.32 Å². The molecule has 126 valence electrons. The Morgan fingerprint density at radius 3 is 2.00 bits per heavy atom. The van der Waals surface area contributed by atoms with E-state index in [4.69, 9.17) is 16.6 Å². The minimum Gasteiger partial charge on any atom is -0.517 e. The Kier molecular flexibility index (Phi) is 6.03. The molecule has 1 aliphatic heterocycles. The van der Waals surface area contributed by atoms with Crippen molar-refractivity contribution >= 4 is 47.8 Å². The maximum Gasteiger partial charge on any atom is 0.319 e. The third kappa shape index (κ3) is 5.43. The van der Waals surface area contributed by atoms with Crippen LogP contribution in [0.15, 0.2) is 11.8 Å².